The lowest BCUT2D eigenvalue weighted by Gasteiger charge is -2.46. The molecule has 29 heavy (non-hydrogen) atoms. The zero-order chi connectivity index (χ0) is 22.3. The van der Waals surface area contributed by atoms with E-state index in [4.69, 9.17) is 18.0 Å². The molecule has 0 saturated carbocycles. The minimum atomic E-state index is -7.01. The number of ether oxygens (including phenoxy) is 1. The monoisotopic (exact) mass is 494 g/mol. The minimum Gasteiger partial charge on any atom is -0.806 e. The molecule has 20 heteroatoms. The van der Waals surface area contributed by atoms with Gasteiger partial charge in [0.1, 0.15) is 17.5 Å². The summed E-state index contributed by atoms with van der Waals surface area (Å²) >= 11 is 0.989. The summed E-state index contributed by atoms with van der Waals surface area (Å²) < 4.78 is 74.2. The highest BCUT2D eigenvalue weighted by atomic mass is 32.2. The van der Waals surface area contributed by atoms with Crippen LogP contribution in [0.2, 0.25) is 0 Å². The second-order valence-corrected chi connectivity index (χ2v) is 12.0. The van der Waals surface area contributed by atoms with Crippen LogP contribution in [0.5, 0.6) is 0 Å². The maximum atomic E-state index is 13.2. The first kappa shape index (κ1) is 24.7. The predicted molar refractivity (Wildman–Crippen MR) is 89.8 cm³/mol. The van der Waals surface area contributed by atoms with Crippen molar-refractivity contribution in [2.45, 2.75) is 17.1 Å². The Labute approximate surface area is 166 Å². The third-order valence-corrected chi connectivity index (χ3v) is 9.33. The number of hydrogen-bond acceptors (Lipinski definition) is 13. The van der Waals surface area contributed by atoms with Crippen LogP contribution in [-0.2, 0) is 27.3 Å². The number of rotatable bonds is 8. The molecule has 0 spiro atoms. The van der Waals surface area contributed by atoms with Crippen molar-refractivity contribution in [2.75, 3.05) is 18.1 Å². The summed E-state index contributed by atoms with van der Waals surface area (Å²) in [5.41, 5.74) is 3.61. The Hall–Kier alpha value is -0.595. The molecule has 163 valence electrons. The lowest BCUT2D eigenvalue weighted by atomic mass is 10.5. The molecule has 0 bridgehead atoms. The van der Waals surface area contributed by atoms with Crippen molar-refractivity contribution in [3.05, 3.63) is 22.7 Å². The van der Waals surface area contributed by atoms with E-state index in [-0.39, 0.29) is 11.6 Å². The van der Waals surface area contributed by atoms with Gasteiger partial charge in [-0.3, -0.25) is 8.88 Å². The van der Waals surface area contributed by atoms with E-state index >= 15 is 0 Å². The van der Waals surface area contributed by atoms with Crippen LogP contribution in [0.4, 0.5) is 14.6 Å². The number of aromatic nitrogens is 2. The van der Waals surface area contributed by atoms with E-state index in [1.165, 1.54) is 12.3 Å². The van der Waals surface area contributed by atoms with Gasteiger partial charge < -0.3 is 50.9 Å². The van der Waals surface area contributed by atoms with Gasteiger partial charge in [-0.25, -0.2) is 4.79 Å². The molecule has 0 aromatic carbocycles. The maximum absolute atomic E-state index is 13.2. The van der Waals surface area contributed by atoms with Gasteiger partial charge in [-0.15, -0.1) is 11.8 Å². The second kappa shape index (κ2) is 8.50. The van der Waals surface area contributed by atoms with Crippen molar-refractivity contribution in [1.29, 1.82) is 0 Å². The van der Waals surface area contributed by atoms with E-state index < -0.39 is 52.0 Å². The summed E-state index contributed by atoms with van der Waals surface area (Å²) in [6, 6.07) is 1.32. The lowest BCUT2D eigenvalue weighted by Crippen LogP contribution is -2.35. The Balaban J connectivity index is 1.99. The minimum absolute atomic E-state index is 0.0300. The fourth-order valence-corrected chi connectivity index (χ4v) is 6.60. The van der Waals surface area contributed by atoms with E-state index in [0.29, 0.717) is 0 Å². The molecule has 1 saturated heterocycles. The number of nitrogens with two attached hydrogens (primary N) is 1. The Kier molecular flexibility index (Phi) is 7.23. The van der Waals surface area contributed by atoms with Crippen LogP contribution in [0, 0.1) is 0 Å². The number of hydrogen-bond donors (Lipinski definition) is 1. The number of alkyl halides is 2. The first-order chi connectivity index (χ1) is 13.1. The highest BCUT2D eigenvalue weighted by Crippen LogP contribution is 2.72. The van der Waals surface area contributed by atoms with Crippen LogP contribution in [0.3, 0.4) is 0 Å². The molecule has 4 unspecified atom stereocenters. The average molecular weight is 494 g/mol. The molecule has 0 amide bonds. The standard InChI is InChI=1S/C9H13BF2N3O10P3S/c10-28(22,25-27(20,21)9(11,12)26(17,18)19)23-3-7-24-6(4-29-7)15-2-1-5(13)14-8(15)16/h1-2,6-7H,3-4H2,(H,20,21)(H2,13,14,16)(H2,17,18,19)/q-1/p-3. The van der Waals surface area contributed by atoms with E-state index in [1.54, 1.807) is 0 Å². The molecule has 2 N–H and O–H groups in total. The molecule has 1 aliphatic rings. The average Bonchev–Trinajstić information content (AvgIpc) is 2.99. The zero-order valence-electron chi connectivity index (χ0n) is 13.9. The summed E-state index contributed by atoms with van der Waals surface area (Å²) in [6.07, 6.45) is 0.421. The van der Waals surface area contributed by atoms with Gasteiger partial charge >= 0.3 is 11.1 Å². The van der Waals surface area contributed by atoms with Crippen molar-refractivity contribution < 1.29 is 50.7 Å². The summed E-state index contributed by atoms with van der Waals surface area (Å²) in [7, 11) is -14.3. The molecule has 2 rings (SSSR count). The highest BCUT2D eigenvalue weighted by Gasteiger charge is 2.48. The quantitative estimate of drug-likeness (QED) is 0.331. The lowest BCUT2D eigenvalue weighted by molar-refractivity contribution is -0.331. The van der Waals surface area contributed by atoms with Gasteiger partial charge in [0.15, 0.2) is 0 Å². The maximum Gasteiger partial charge on any atom is 0.351 e. The van der Waals surface area contributed by atoms with Crippen LogP contribution in [0.1, 0.15) is 6.23 Å². The molecule has 4 atom stereocenters. The van der Waals surface area contributed by atoms with Gasteiger partial charge in [0, 0.05) is 19.5 Å². The van der Waals surface area contributed by atoms with Gasteiger partial charge in [-0.1, -0.05) is 0 Å². The van der Waals surface area contributed by atoms with Gasteiger partial charge in [-0.2, -0.15) is 13.8 Å². The van der Waals surface area contributed by atoms with Gasteiger partial charge in [0.2, 0.25) is 7.60 Å². The van der Waals surface area contributed by atoms with Crippen LogP contribution < -0.4 is 26.1 Å². The number of thioether (sulfide) groups is 1. The molecule has 1 aliphatic heterocycles. The van der Waals surface area contributed by atoms with Gasteiger partial charge in [-0.05, 0) is 6.07 Å². The van der Waals surface area contributed by atoms with Crippen molar-refractivity contribution >= 4 is 47.8 Å². The third-order valence-electron chi connectivity index (χ3n) is 3.17. The van der Waals surface area contributed by atoms with Crippen LogP contribution in [-0.4, -0.2) is 40.3 Å². The molecule has 1 aromatic heterocycles. The third kappa shape index (κ3) is 5.76. The molecular weight excluding hydrogens is 484 g/mol. The SMILES string of the molecule is [B-]P(=O)(OCC1OC(n2ccc(N)nc2=O)CS1)OP(=O)([O-])C(F)(F)P(=O)([O-])[O-]. The van der Waals surface area contributed by atoms with Crippen molar-refractivity contribution in [3.63, 3.8) is 0 Å². The molecule has 1 fully saturated rings. The largest absolute Gasteiger partial charge is 0.806 e. The first-order valence-electron chi connectivity index (χ1n) is 7.13. The molecule has 13 nitrogen and oxygen atoms in total. The molecular formula is C9H10BF2N3O10P3S-4. The van der Waals surface area contributed by atoms with Crippen LogP contribution in [0.25, 0.3) is 0 Å². The first-order valence-corrected chi connectivity index (χ1v) is 12.9. The number of anilines is 1. The van der Waals surface area contributed by atoms with Gasteiger partial charge in [0.05, 0.1) is 14.1 Å². The number of nitrogen functional groups attached to an aromatic ring is 1. The van der Waals surface area contributed by atoms with E-state index in [0.717, 1.165) is 16.3 Å². The topological polar surface area (TPSA) is 209 Å². The van der Waals surface area contributed by atoms with Crippen molar-refractivity contribution in [2.24, 2.45) is 0 Å². The second-order valence-electron chi connectivity index (χ2n) is 5.32. The molecule has 1 aromatic rings. The summed E-state index contributed by atoms with van der Waals surface area (Å²) in [6.45, 7) is -0.760. The Morgan fingerprint density at radius 1 is 1.41 bits per heavy atom. The smallest absolute Gasteiger partial charge is 0.351 e. The summed E-state index contributed by atoms with van der Waals surface area (Å²) in [5.74, 6) is 0.126. The molecule has 3 radical (unpaired) electrons. The van der Waals surface area contributed by atoms with Gasteiger partial charge in [0.25, 0.3) is 0 Å². The number of halogens is 2. The fraction of sp³-hybridized carbons (Fsp3) is 0.556. The Morgan fingerprint density at radius 3 is 2.59 bits per heavy atom. The number of nitrogens with zero attached hydrogens (tertiary/aromatic N) is 2. The summed E-state index contributed by atoms with van der Waals surface area (Å²) in [4.78, 5) is 47.3. The zero-order valence-corrected chi connectivity index (χ0v) is 17.4. The van der Waals surface area contributed by atoms with E-state index in [1.807, 2.05) is 0 Å². The predicted octanol–water partition coefficient (Wildman–Crippen LogP) is -1.26. The fourth-order valence-electron chi connectivity index (χ4n) is 1.86. The molecule has 2 heterocycles. The Morgan fingerprint density at radius 2 is 2.03 bits per heavy atom. The highest BCUT2D eigenvalue weighted by molar-refractivity contribution is 8.00. The Bertz CT molecular complexity index is 975. The van der Waals surface area contributed by atoms with Crippen LogP contribution in [0.15, 0.2) is 17.1 Å². The normalized spacial score (nSPS) is 24.8. The van der Waals surface area contributed by atoms with E-state index in [2.05, 4.69) is 13.8 Å². The van der Waals surface area contributed by atoms with Crippen molar-refractivity contribution in [3.8, 4) is 0 Å². The summed E-state index contributed by atoms with van der Waals surface area (Å²) in [5, 5.41) is -5.90. The molecule has 0 aliphatic carbocycles. The van der Waals surface area contributed by atoms with Crippen LogP contribution >= 0.6 is 34.4 Å². The van der Waals surface area contributed by atoms with E-state index in [9.17, 15) is 42.0 Å². The van der Waals surface area contributed by atoms with Crippen molar-refractivity contribution in [1.82, 2.24) is 9.55 Å².